The first-order chi connectivity index (χ1) is 10.0. The predicted octanol–water partition coefficient (Wildman–Crippen LogP) is 3.10. The fourth-order valence-electron chi connectivity index (χ4n) is 2.94. The number of anilines is 1. The van der Waals surface area contributed by atoms with Gasteiger partial charge in [0.05, 0.1) is 5.69 Å². The van der Waals surface area contributed by atoms with Gasteiger partial charge in [0.2, 0.25) is 0 Å². The molecule has 0 bridgehead atoms. The summed E-state index contributed by atoms with van der Waals surface area (Å²) in [5.41, 5.74) is 2.55. The van der Waals surface area contributed by atoms with Crippen LogP contribution in [0.2, 0.25) is 0 Å². The Morgan fingerprint density at radius 3 is 2.67 bits per heavy atom. The Kier molecular flexibility index (Phi) is 5.68. The molecular weight excluding hydrogens is 260 g/mol. The van der Waals surface area contributed by atoms with Gasteiger partial charge in [0, 0.05) is 32.2 Å². The summed E-state index contributed by atoms with van der Waals surface area (Å²) in [4.78, 5) is 2.56. The van der Waals surface area contributed by atoms with Crippen molar-refractivity contribution < 1.29 is 0 Å². The van der Waals surface area contributed by atoms with Crippen LogP contribution in [0.4, 0.5) is 5.82 Å². The molecule has 1 heterocycles. The molecule has 0 amide bonds. The minimum atomic E-state index is 0.684. The van der Waals surface area contributed by atoms with E-state index in [4.69, 9.17) is 0 Å². The van der Waals surface area contributed by atoms with Gasteiger partial charge in [0.15, 0.2) is 0 Å². The molecule has 0 atom stereocenters. The van der Waals surface area contributed by atoms with Crippen molar-refractivity contribution in [2.24, 2.45) is 18.9 Å². The van der Waals surface area contributed by atoms with E-state index >= 15 is 0 Å². The lowest BCUT2D eigenvalue weighted by Crippen LogP contribution is -2.30. The second kappa shape index (κ2) is 7.30. The van der Waals surface area contributed by atoms with Crippen molar-refractivity contribution in [2.75, 3.05) is 24.5 Å². The highest BCUT2D eigenvalue weighted by Crippen LogP contribution is 2.33. The second-order valence-electron chi connectivity index (χ2n) is 6.93. The number of hydrogen-bond acceptors (Lipinski definition) is 3. The second-order valence-corrected chi connectivity index (χ2v) is 6.93. The third kappa shape index (κ3) is 4.47. The standard InChI is InChI=1S/C17H32N4/c1-6-9-21(12-15-7-8-15)17-16(11-18-10-13(2)3)14(4)19-20(17)5/h13,15,18H,6-12H2,1-5H3. The van der Waals surface area contributed by atoms with Crippen LogP contribution in [0, 0.1) is 18.8 Å². The van der Waals surface area contributed by atoms with E-state index in [1.807, 2.05) is 0 Å². The Morgan fingerprint density at radius 1 is 1.38 bits per heavy atom. The van der Waals surface area contributed by atoms with E-state index in [0.717, 1.165) is 25.6 Å². The summed E-state index contributed by atoms with van der Waals surface area (Å²) in [5, 5.41) is 8.26. The Hall–Kier alpha value is -1.03. The molecule has 0 aromatic carbocycles. The van der Waals surface area contributed by atoms with E-state index in [0.29, 0.717) is 5.92 Å². The summed E-state index contributed by atoms with van der Waals surface area (Å²) in [7, 11) is 2.09. The summed E-state index contributed by atoms with van der Waals surface area (Å²) in [6, 6.07) is 0. The van der Waals surface area contributed by atoms with Gasteiger partial charge in [-0.15, -0.1) is 0 Å². The maximum Gasteiger partial charge on any atom is 0.131 e. The van der Waals surface area contributed by atoms with Gasteiger partial charge in [-0.1, -0.05) is 20.8 Å². The Balaban J connectivity index is 2.14. The van der Waals surface area contributed by atoms with Crippen LogP contribution in [0.1, 0.15) is 51.3 Å². The highest BCUT2D eigenvalue weighted by Gasteiger charge is 2.27. The minimum Gasteiger partial charge on any atom is -0.356 e. The molecule has 1 aromatic heterocycles. The zero-order chi connectivity index (χ0) is 15.4. The lowest BCUT2D eigenvalue weighted by Gasteiger charge is -2.26. The van der Waals surface area contributed by atoms with Crippen molar-refractivity contribution >= 4 is 5.82 Å². The molecule has 0 unspecified atom stereocenters. The maximum absolute atomic E-state index is 4.67. The van der Waals surface area contributed by atoms with Crippen molar-refractivity contribution in [1.82, 2.24) is 15.1 Å². The summed E-state index contributed by atoms with van der Waals surface area (Å²) < 4.78 is 2.08. The molecular formula is C17H32N4. The summed E-state index contributed by atoms with van der Waals surface area (Å²) in [6.45, 7) is 13.2. The van der Waals surface area contributed by atoms with Crippen LogP contribution in [0.15, 0.2) is 0 Å². The minimum absolute atomic E-state index is 0.684. The number of nitrogens with zero attached hydrogens (tertiary/aromatic N) is 3. The third-order valence-corrected chi connectivity index (χ3v) is 4.14. The molecule has 0 aliphatic heterocycles. The van der Waals surface area contributed by atoms with Gasteiger partial charge in [-0.25, -0.2) is 0 Å². The third-order valence-electron chi connectivity index (χ3n) is 4.14. The first-order valence-corrected chi connectivity index (χ1v) is 8.51. The van der Waals surface area contributed by atoms with Gasteiger partial charge in [-0.3, -0.25) is 4.68 Å². The molecule has 1 N–H and O–H groups in total. The average molecular weight is 292 g/mol. The predicted molar refractivity (Wildman–Crippen MR) is 89.7 cm³/mol. The van der Waals surface area contributed by atoms with E-state index < -0.39 is 0 Å². The first kappa shape index (κ1) is 16.3. The molecule has 1 aliphatic carbocycles. The number of hydrogen-bond donors (Lipinski definition) is 1. The topological polar surface area (TPSA) is 33.1 Å². The summed E-state index contributed by atoms with van der Waals surface area (Å²) in [6.07, 6.45) is 3.99. The highest BCUT2D eigenvalue weighted by molar-refractivity contribution is 5.50. The monoisotopic (exact) mass is 292 g/mol. The van der Waals surface area contributed by atoms with Crippen molar-refractivity contribution in [1.29, 1.82) is 0 Å². The van der Waals surface area contributed by atoms with E-state index in [2.05, 4.69) is 54.7 Å². The van der Waals surface area contributed by atoms with Crippen molar-refractivity contribution in [3.05, 3.63) is 11.3 Å². The number of nitrogens with one attached hydrogen (secondary N) is 1. The van der Waals surface area contributed by atoms with Gasteiger partial charge in [0.1, 0.15) is 5.82 Å². The maximum atomic E-state index is 4.67. The Bertz CT molecular complexity index is 446. The van der Waals surface area contributed by atoms with Gasteiger partial charge in [-0.2, -0.15) is 5.10 Å². The molecule has 1 saturated carbocycles. The normalized spacial score (nSPS) is 15.0. The molecule has 1 fully saturated rings. The van der Waals surface area contributed by atoms with E-state index in [9.17, 15) is 0 Å². The van der Waals surface area contributed by atoms with Crippen LogP contribution in [0.25, 0.3) is 0 Å². The van der Waals surface area contributed by atoms with Gasteiger partial charge in [-0.05, 0) is 44.6 Å². The van der Waals surface area contributed by atoms with Gasteiger partial charge < -0.3 is 10.2 Å². The molecule has 1 aliphatic rings. The fourth-order valence-corrected chi connectivity index (χ4v) is 2.94. The quantitative estimate of drug-likeness (QED) is 0.759. The molecule has 0 saturated heterocycles. The van der Waals surface area contributed by atoms with Crippen LogP contribution < -0.4 is 10.2 Å². The van der Waals surface area contributed by atoms with Crippen LogP contribution in [-0.4, -0.2) is 29.4 Å². The van der Waals surface area contributed by atoms with Crippen LogP contribution in [-0.2, 0) is 13.6 Å². The molecule has 0 spiro atoms. The molecule has 21 heavy (non-hydrogen) atoms. The van der Waals surface area contributed by atoms with Crippen molar-refractivity contribution in [3.63, 3.8) is 0 Å². The van der Waals surface area contributed by atoms with Crippen LogP contribution in [0.3, 0.4) is 0 Å². The molecule has 0 radical (unpaired) electrons. The largest absolute Gasteiger partial charge is 0.356 e. The van der Waals surface area contributed by atoms with Gasteiger partial charge in [0.25, 0.3) is 0 Å². The van der Waals surface area contributed by atoms with Gasteiger partial charge >= 0.3 is 0 Å². The SMILES string of the molecule is CCCN(CC1CC1)c1c(CNCC(C)C)c(C)nn1C. The highest BCUT2D eigenvalue weighted by atomic mass is 15.4. The molecule has 2 rings (SSSR count). The zero-order valence-electron chi connectivity index (χ0n) is 14.4. The van der Waals surface area contributed by atoms with Crippen molar-refractivity contribution in [2.45, 2.75) is 53.5 Å². The van der Waals surface area contributed by atoms with E-state index in [1.54, 1.807) is 0 Å². The molecule has 1 aromatic rings. The summed E-state index contributed by atoms with van der Waals surface area (Å²) in [5.74, 6) is 2.92. The van der Waals surface area contributed by atoms with E-state index in [-0.39, 0.29) is 0 Å². The Labute approximate surface area is 129 Å². The average Bonchev–Trinajstić information content (AvgIpc) is 3.16. The lowest BCUT2D eigenvalue weighted by atomic mass is 10.2. The molecule has 120 valence electrons. The number of aryl methyl sites for hydroxylation is 2. The first-order valence-electron chi connectivity index (χ1n) is 8.51. The fraction of sp³-hybridized carbons (Fsp3) is 0.824. The Morgan fingerprint density at radius 2 is 2.10 bits per heavy atom. The van der Waals surface area contributed by atoms with Crippen LogP contribution in [0.5, 0.6) is 0 Å². The number of aromatic nitrogens is 2. The van der Waals surface area contributed by atoms with Crippen LogP contribution >= 0.6 is 0 Å². The molecule has 4 nitrogen and oxygen atoms in total. The van der Waals surface area contributed by atoms with E-state index in [1.165, 1.54) is 42.9 Å². The lowest BCUT2D eigenvalue weighted by molar-refractivity contribution is 0.550. The smallest absolute Gasteiger partial charge is 0.131 e. The summed E-state index contributed by atoms with van der Waals surface area (Å²) >= 11 is 0. The van der Waals surface area contributed by atoms with Crippen molar-refractivity contribution in [3.8, 4) is 0 Å². The zero-order valence-corrected chi connectivity index (χ0v) is 14.4. The molecule has 4 heteroatoms. The number of rotatable bonds is 9.